The van der Waals surface area contributed by atoms with E-state index in [2.05, 4.69) is 30.6 Å². The van der Waals surface area contributed by atoms with Crippen molar-refractivity contribution in [2.75, 3.05) is 0 Å². The summed E-state index contributed by atoms with van der Waals surface area (Å²) in [6.07, 6.45) is 13.3. The molecule has 1 aliphatic carbocycles. The van der Waals surface area contributed by atoms with Crippen molar-refractivity contribution in [1.29, 1.82) is 0 Å². The number of carbonyl (C=O) groups excluding carboxylic acids is 2. The normalized spacial score (nSPS) is 15.6. The number of aryl methyl sites for hydroxylation is 3. The lowest BCUT2D eigenvalue weighted by Crippen LogP contribution is -2.46. The molecule has 36 heavy (non-hydrogen) atoms. The maximum Gasteiger partial charge on any atom is 0.399 e. The number of hydrogen-bond acceptors (Lipinski definition) is 4. The first kappa shape index (κ1) is 27.7. The number of carbonyl (C=O) groups is 2. The number of unbranched alkanes of at least 4 members (excludes halogenated alkanes) is 10. The minimum absolute atomic E-state index is 0.0667. The lowest BCUT2D eigenvalue weighted by Gasteiger charge is -2.24. The topological polar surface area (TPSA) is 112 Å². The van der Waals surface area contributed by atoms with Crippen LogP contribution in [0.4, 0.5) is 0 Å². The molecule has 2 aromatic heterocycles. The van der Waals surface area contributed by atoms with Gasteiger partial charge < -0.3 is 5.11 Å². The highest BCUT2D eigenvalue weighted by atomic mass is 16.3. The molecular formula is C28H43N4O4+. The second kappa shape index (κ2) is 12.9. The minimum Gasteiger partial charge on any atom is -0.458 e. The van der Waals surface area contributed by atoms with Gasteiger partial charge in [-0.25, -0.2) is 0 Å². The third kappa shape index (κ3) is 5.90. The second-order valence-corrected chi connectivity index (χ2v) is 10.1. The van der Waals surface area contributed by atoms with Crippen molar-refractivity contribution < 1.29 is 19.4 Å². The summed E-state index contributed by atoms with van der Waals surface area (Å²) in [5.41, 5.74) is 0.393. The fourth-order valence-corrected chi connectivity index (χ4v) is 5.14. The van der Waals surface area contributed by atoms with Gasteiger partial charge in [0.05, 0.1) is 11.1 Å². The van der Waals surface area contributed by atoms with E-state index in [9.17, 15) is 19.5 Å². The molecule has 0 saturated heterocycles. The lowest BCUT2D eigenvalue weighted by molar-refractivity contribution is -0.755. The summed E-state index contributed by atoms with van der Waals surface area (Å²) in [6, 6.07) is 0. The van der Waals surface area contributed by atoms with E-state index in [1.54, 1.807) is 11.6 Å². The Morgan fingerprint density at radius 1 is 0.889 bits per heavy atom. The fourth-order valence-electron chi connectivity index (χ4n) is 5.14. The Labute approximate surface area is 213 Å². The Kier molecular flexibility index (Phi) is 9.90. The highest BCUT2D eigenvalue weighted by Gasteiger charge is 2.49. The fraction of sp³-hybridized carbons (Fsp3) is 0.643. The smallest absolute Gasteiger partial charge is 0.399 e. The molecule has 0 unspecified atom stereocenters. The molecule has 2 heterocycles. The van der Waals surface area contributed by atoms with Crippen LogP contribution in [0.15, 0.2) is 4.79 Å². The van der Waals surface area contributed by atoms with Crippen LogP contribution in [-0.2, 0) is 22.7 Å². The lowest BCUT2D eigenvalue weighted by atomic mass is 9.72. The monoisotopic (exact) mass is 499 g/mol. The third-order valence-corrected chi connectivity index (χ3v) is 7.26. The average Bonchev–Trinajstić information content (AvgIpc) is 3.28. The van der Waals surface area contributed by atoms with E-state index in [0.717, 1.165) is 38.5 Å². The van der Waals surface area contributed by atoms with Crippen molar-refractivity contribution >= 4 is 23.7 Å². The predicted octanol–water partition coefficient (Wildman–Crippen LogP) is 3.02. The summed E-state index contributed by atoms with van der Waals surface area (Å²) in [4.78, 5) is 39.3. The predicted molar refractivity (Wildman–Crippen MR) is 140 cm³/mol. The van der Waals surface area contributed by atoms with Crippen LogP contribution in [0.1, 0.15) is 108 Å². The summed E-state index contributed by atoms with van der Waals surface area (Å²) >= 11 is 0. The summed E-state index contributed by atoms with van der Waals surface area (Å²) < 4.78 is 3.06. The standard InChI is InChI=1S/C28H42N4O4/c1-5-7-9-11-13-15-17-31-27(35)21(19(3)29-31)23-25(33)24(26(23)34)22-20(4)30-32(28(22)36)18-16-14-12-10-8-6-2/h24,29H,3,5-18H2,1-2,4H3,(H,30,36)/p+1. The maximum atomic E-state index is 13.1. The highest BCUT2D eigenvalue weighted by molar-refractivity contribution is 6.59. The first-order valence-corrected chi connectivity index (χ1v) is 13.7. The first-order valence-electron chi connectivity index (χ1n) is 13.7. The molecule has 1 saturated carbocycles. The number of H-pyrrole nitrogens is 2. The van der Waals surface area contributed by atoms with Crippen LogP contribution in [0.25, 0.3) is 12.2 Å². The van der Waals surface area contributed by atoms with Crippen molar-refractivity contribution in [1.82, 2.24) is 14.9 Å². The molecule has 0 amide bonds. The molecule has 8 heteroatoms. The number of aromatic hydroxyl groups is 1. The molecular weight excluding hydrogens is 456 g/mol. The van der Waals surface area contributed by atoms with Crippen LogP contribution in [0.5, 0.6) is 5.88 Å². The number of rotatable bonds is 15. The van der Waals surface area contributed by atoms with Crippen LogP contribution in [0, 0.1) is 6.92 Å². The van der Waals surface area contributed by atoms with E-state index >= 15 is 0 Å². The van der Waals surface area contributed by atoms with E-state index in [-0.39, 0.29) is 27.8 Å². The van der Waals surface area contributed by atoms with E-state index in [1.807, 2.05) is 0 Å². The number of nitrogens with zero attached hydrogens (tertiary/aromatic N) is 2. The Bertz CT molecular complexity index is 1220. The van der Waals surface area contributed by atoms with Crippen LogP contribution in [-0.4, -0.2) is 31.6 Å². The number of ketones is 2. The zero-order valence-electron chi connectivity index (χ0n) is 22.3. The molecule has 0 aliphatic heterocycles. The molecule has 0 atom stereocenters. The summed E-state index contributed by atoms with van der Waals surface area (Å²) in [6.45, 7) is 11.1. The Morgan fingerprint density at radius 3 is 2.06 bits per heavy atom. The number of aromatic amines is 2. The maximum absolute atomic E-state index is 13.1. The van der Waals surface area contributed by atoms with Gasteiger partial charge in [0.1, 0.15) is 16.5 Å². The molecule has 1 fully saturated rings. The van der Waals surface area contributed by atoms with Crippen LogP contribution in [0.3, 0.4) is 0 Å². The average molecular weight is 500 g/mol. The first-order chi connectivity index (χ1) is 17.3. The molecule has 0 bridgehead atoms. The van der Waals surface area contributed by atoms with Crippen LogP contribution < -0.4 is 20.8 Å². The second-order valence-electron chi connectivity index (χ2n) is 10.1. The molecule has 1 aliphatic rings. The number of aromatic nitrogens is 4. The highest BCUT2D eigenvalue weighted by Crippen LogP contribution is 2.34. The SMILES string of the molecule is C=c1[nH][n+](CCCCCCCC)c(O)c1=C1C(=O)C(c2c(C)[nH]n(CCCCCCCC)c2=O)C1=O. The molecule has 0 radical (unpaired) electrons. The molecule has 3 N–H and O–H groups in total. The van der Waals surface area contributed by atoms with Crippen LogP contribution >= 0.6 is 0 Å². The van der Waals surface area contributed by atoms with E-state index in [4.69, 9.17) is 0 Å². The molecule has 8 nitrogen and oxygen atoms in total. The number of Topliss-reactive ketones (excluding diaryl/α,β-unsaturated/α-hetero) is 2. The van der Waals surface area contributed by atoms with Gasteiger partial charge in [0.2, 0.25) is 0 Å². The van der Waals surface area contributed by atoms with Crippen molar-refractivity contribution in [2.45, 2.75) is 117 Å². The van der Waals surface area contributed by atoms with Gasteiger partial charge in [-0.1, -0.05) is 82.9 Å². The van der Waals surface area contributed by atoms with Gasteiger partial charge in [0, 0.05) is 18.7 Å². The molecule has 0 aromatic carbocycles. The molecule has 3 rings (SSSR count). The van der Waals surface area contributed by atoms with Gasteiger partial charge in [-0.05, 0) is 19.8 Å². The van der Waals surface area contributed by atoms with Gasteiger partial charge in [0.25, 0.3) is 5.56 Å². The van der Waals surface area contributed by atoms with Gasteiger partial charge in [0.15, 0.2) is 18.1 Å². The van der Waals surface area contributed by atoms with E-state index in [0.29, 0.717) is 24.1 Å². The molecule has 2 aromatic rings. The molecule has 198 valence electrons. The van der Waals surface area contributed by atoms with Crippen molar-refractivity contribution in [3.63, 3.8) is 0 Å². The van der Waals surface area contributed by atoms with Gasteiger partial charge in [-0.2, -0.15) is 5.10 Å². The number of hydrogen-bond donors (Lipinski definition) is 3. The summed E-state index contributed by atoms with van der Waals surface area (Å²) in [5.74, 6) is -2.13. The number of nitrogens with one attached hydrogen (secondary N) is 2. The van der Waals surface area contributed by atoms with Gasteiger partial charge >= 0.3 is 5.88 Å². The third-order valence-electron chi connectivity index (χ3n) is 7.26. The molecule has 0 spiro atoms. The largest absolute Gasteiger partial charge is 0.458 e. The summed E-state index contributed by atoms with van der Waals surface area (Å²) in [5, 5.41) is 17.3. The van der Waals surface area contributed by atoms with Crippen molar-refractivity contribution in [3.05, 3.63) is 32.2 Å². The van der Waals surface area contributed by atoms with Crippen molar-refractivity contribution in [3.8, 4) is 5.88 Å². The zero-order valence-corrected chi connectivity index (χ0v) is 22.3. The van der Waals surface area contributed by atoms with E-state index < -0.39 is 17.5 Å². The van der Waals surface area contributed by atoms with E-state index in [1.165, 1.54) is 43.2 Å². The summed E-state index contributed by atoms with van der Waals surface area (Å²) in [7, 11) is 0. The van der Waals surface area contributed by atoms with Crippen LogP contribution in [0.2, 0.25) is 0 Å². The Morgan fingerprint density at radius 2 is 1.44 bits per heavy atom. The Hall–Kier alpha value is -2.90. The zero-order chi connectivity index (χ0) is 26.2. The van der Waals surface area contributed by atoms with Crippen molar-refractivity contribution in [2.24, 2.45) is 0 Å². The Balaban J connectivity index is 1.72. The quantitative estimate of drug-likeness (QED) is 0.199. The van der Waals surface area contributed by atoms with Gasteiger partial charge in [-0.15, -0.1) is 0 Å². The van der Waals surface area contributed by atoms with Gasteiger partial charge in [-0.3, -0.25) is 24.2 Å². The minimum atomic E-state index is -1.12.